The van der Waals surface area contributed by atoms with E-state index < -0.39 is 57.9 Å². The monoisotopic (exact) mass is 481 g/mol. The molecule has 2 fully saturated rings. The first-order valence-corrected chi connectivity index (χ1v) is 12.3. The van der Waals surface area contributed by atoms with Crippen molar-refractivity contribution in [1.82, 2.24) is 0 Å². The lowest BCUT2D eigenvalue weighted by Crippen LogP contribution is -2.62. The van der Waals surface area contributed by atoms with Gasteiger partial charge in [-0.05, 0) is 60.6 Å². The lowest BCUT2D eigenvalue weighted by molar-refractivity contribution is -0.155. The standard InChI is InChI=1S/C27H31NO7/c1-11(2)18-16-10-13-9-15-14(12-5-3-4-6-12)7-8-17(29)20(15)23(31)19(13)24(32)27(16,35)25(33)21(22(18)30)26(28)34/h7-8,11-13,16,18,29,31,33,35H,3-6,9-10H2,1-2H3,(H2,28,34)/t13-,16-,18-,27-/m0/s1. The van der Waals surface area contributed by atoms with E-state index in [0.717, 1.165) is 36.8 Å². The highest BCUT2D eigenvalue weighted by Gasteiger charge is 2.64. The van der Waals surface area contributed by atoms with E-state index >= 15 is 0 Å². The zero-order chi connectivity index (χ0) is 25.4. The van der Waals surface area contributed by atoms with Crippen molar-refractivity contribution in [2.24, 2.45) is 29.4 Å². The number of primary amides is 1. The van der Waals surface area contributed by atoms with Gasteiger partial charge in [0, 0.05) is 17.4 Å². The minimum Gasteiger partial charge on any atom is -0.508 e. The molecule has 0 radical (unpaired) electrons. The maximum absolute atomic E-state index is 13.8. The molecule has 2 saturated carbocycles. The molecule has 0 aromatic heterocycles. The van der Waals surface area contributed by atoms with Crippen molar-refractivity contribution in [3.8, 4) is 5.75 Å². The summed E-state index contributed by atoms with van der Waals surface area (Å²) in [7, 11) is 0. The number of ketones is 2. The van der Waals surface area contributed by atoms with Crippen LogP contribution in [0.2, 0.25) is 0 Å². The van der Waals surface area contributed by atoms with Crippen LogP contribution in [0, 0.1) is 23.7 Å². The van der Waals surface area contributed by atoms with Gasteiger partial charge in [-0.3, -0.25) is 14.4 Å². The number of phenols is 1. The average molecular weight is 482 g/mol. The molecule has 0 bridgehead atoms. The number of carbonyl (C=O) groups excluding carboxylic acids is 3. The summed E-state index contributed by atoms with van der Waals surface area (Å²) in [5.74, 6) is -6.93. The summed E-state index contributed by atoms with van der Waals surface area (Å²) in [5.41, 5.74) is 3.96. The molecule has 4 aliphatic rings. The van der Waals surface area contributed by atoms with E-state index in [0.29, 0.717) is 12.3 Å². The number of nitrogens with two attached hydrogens (primary N) is 1. The summed E-state index contributed by atoms with van der Waals surface area (Å²) >= 11 is 0. The molecule has 0 unspecified atom stereocenters. The van der Waals surface area contributed by atoms with Crippen LogP contribution in [0.15, 0.2) is 29.0 Å². The number of hydrogen-bond donors (Lipinski definition) is 5. The highest BCUT2D eigenvalue weighted by atomic mass is 16.3. The lowest BCUT2D eigenvalue weighted by Gasteiger charge is -2.50. The highest BCUT2D eigenvalue weighted by molar-refractivity contribution is 6.23. The van der Waals surface area contributed by atoms with Crippen LogP contribution in [-0.2, 0) is 20.8 Å². The number of carbonyl (C=O) groups is 3. The molecular formula is C27H31NO7. The molecule has 0 spiro atoms. The first kappa shape index (κ1) is 23.6. The predicted molar refractivity (Wildman–Crippen MR) is 126 cm³/mol. The Morgan fingerprint density at radius 1 is 1.09 bits per heavy atom. The number of aliphatic hydroxyl groups is 3. The van der Waals surface area contributed by atoms with Crippen molar-refractivity contribution < 1.29 is 34.8 Å². The molecule has 0 heterocycles. The van der Waals surface area contributed by atoms with Gasteiger partial charge in [0.05, 0.1) is 5.56 Å². The fraction of sp³-hybridized carbons (Fsp3) is 0.519. The van der Waals surface area contributed by atoms with E-state index in [-0.39, 0.29) is 29.2 Å². The second-order valence-corrected chi connectivity index (χ2v) is 10.8. The summed E-state index contributed by atoms with van der Waals surface area (Å²) < 4.78 is 0. The zero-order valence-corrected chi connectivity index (χ0v) is 19.9. The molecule has 4 atom stereocenters. The van der Waals surface area contributed by atoms with Gasteiger partial charge in [-0.2, -0.15) is 0 Å². The summed E-state index contributed by atoms with van der Waals surface area (Å²) in [6.07, 6.45) is 4.75. The van der Waals surface area contributed by atoms with Crippen molar-refractivity contribution in [2.45, 2.75) is 63.9 Å². The third-order valence-electron chi connectivity index (χ3n) is 8.68. The molecule has 1 amide bonds. The number of amides is 1. The Labute approximate surface area is 203 Å². The van der Waals surface area contributed by atoms with E-state index in [9.17, 15) is 34.8 Å². The van der Waals surface area contributed by atoms with Crippen LogP contribution in [0.3, 0.4) is 0 Å². The van der Waals surface area contributed by atoms with Crippen LogP contribution >= 0.6 is 0 Å². The van der Waals surface area contributed by atoms with Crippen LogP contribution in [-0.4, -0.2) is 43.5 Å². The fourth-order valence-electron chi connectivity index (χ4n) is 7.13. The predicted octanol–water partition coefficient (Wildman–Crippen LogP) is 2.96. The van der Waals surface area contributed by atoms with Gasteiger partial charge in [-0.15, -0.1) is 0 Å². The van der Waals surface area contributed by atoms with Crippen molar-refractivity contribution in [3.63, 3.8) is 0 Å². The van der Waals surface area contributed by atoms with Crippen molar-refractivity contribution in [3.05, 3.63) is 45.7 Å². The van der Waals surface area contributed by atoms with Gasteiger partial charge < -0.3 is 26.2 Å². The van der Waals surface area contributed by atoms with Gasteiger partial charge in [0.25, 0.3) is 5.91 Å². The van der Waals surface area contributed by atoms with Gasteiger partial charge in [-0.25, -0.2) is 0 Å². The van der Waals surface area contributed by atoms with E-state index in [2.05, 4.69) is 0 Å². The van der Waals surface area contributed by atoms with Crippen molar-refractivity contribution in [1.29, 1.82) is 0 Å². The second-order valence-electron chi connectivity index (χ2n) is 10.8. The minimum absolute atomic E-state index is 0.0950. The number of rotatable bonds is 3. The summed E-state index contributed by atoms with van der Waals surface area (Å²) in [4.78, 5) is 39.1. The third kappa shape index (κ3) is 3.12. The molecule has 8 nitrogen and oxygen atoms in total. The van der Waals surface area contributed by atoms with Gasteiger partial charge >= 0.3 is 0 Å². The largest absolute Gasteiger partial charge is 0.508 e. The smallest absolute Gasteiger partial charge is 0.255 e. The molecule has 4 aliphatic carbocycles. The van der Waals surface area contributed by atoms with Crippen LogP contribution < -0.4 is 5.73 Å². The number of Topliss-reactive ketones (excluding diaryl/α,β-unsaturated/α-hetero) is 2. The maximum Gasteiger partial charge on any atom is 0.255 e. The number of aliphatic hydroxyl groups excluding tert-OH is 2. The molecule has 5 rings (SSSR count). The first-order valence-electron chi connectivity index (χ1n) is 12.3. The molecule has 35 heavy (non-hydrogen) atoms. The number of hydrogen-bond acceptors (Lipinski definition) is 7. The van der Waals surface area contributed by atoms with Crippen LogP contribution in [0.25, 0.3) is 5.76 Å². The fourth-order valence-corrected chi connectivity index (χ4v) is 7.13. The Balaban J connectivity index is 1.72. The maximum atomic E-state index is 13.8. The average Bonchev–Trinajstić information content (AvgIpc) is 3.30. The molecule has 1 aromatic carbocycles. The molecule has 1 aromatic rings. The van der Waals surface area contributed by atoms with E-state index in [1.54, 1.807) is 13.8 Å². The Morgan fingerprint density at radius 2 is 1.74 bits per heavy atom. The van der Waals surface area contributed by atoms with E-state index in [1.807, 2.05) is 6.07 Å². The first-order chi connectivity index (χ1) is 16.5. The number of benzene rings is 1. The summed E-state index contributed by atoms with van der Waals surface area (Å²) in [6.45, 7) is 3.51. The van der Waals surface area contributed by atoms with Crippen LogP contribution in [0.4, 0.5) is 0 Å². The van der Waals surface area contributed by atoms with Gasteiger partial charge in [0.1, 0.15) is 22.8 Å². The third-order valence-corrected chi connectivity index (χ3v) is 8.68. The number of aromatic hydroxyl groups is 1. The Kier molecular flexibility index (Phi) is 5.36. The SMILES string of the molecule is CC(C)[C@@H]1C(=O)C(C(N)=O)=C(O)[C@@]2(O)C(=O)C3=C(O)c4c(O)ccc(C5CCCC5)c4C[C@H]3C[C@@H]12. The topological polar surface area (TPSA) is 158 Å². The second kappa shape index (κ2) is 7.95. The van der Waals surface area contributed by atoms with Gasteiger partial charge in [-0.1, -0.05) is 32.8 Å². The lowest BCUT2D eigenvalue weighted by atomic mass is 9.54. The highest BCUT2D eigenvalue weighted by Crippen LogP contribution is 2.55. The van der Waals surface area contributed by atoms with Gasteiger partial charge in [0.2, 0.25) is 5.78 Å². The Bertz CT molecular complexity index is 1220. The molecule has 0 aliphatic heterocycles. The Morgan fingerprint density at radius 3 is 2.34 bits per heavy atom. The van der Waals surface area contributed by atoms with Crippen molar-refractivity contribution >= 4 is 23.2 Å². The minimum atomic E-state index is -2.57. The van der Waals surface area contributed by atoms with E-state index in [1.165, 1.54) is 6.07 Å². The van der Waals surface area contributed by atoms with Crippen molar-refractivity contribution in [2.75, 3.05) is 0 Å². The summed E-state index contributed by atoms with van der Waals surface area (Å²) in [6, 6.07) is 3.41. The van der Waals surface area contributed by atoms with Crippen LogP contribution in [0.5, 0.6) is 5.75 Å². The molecule has 186 valence electrons. The molecule has 6 N–H and O–H groups in total. The molecule has 0 saturated heterocycles. The van der Waals surface area contributed by atoms with E-state index in [4.69, 9.17) is 5.73 Å². The molecular weight excluding hydrogens is 450 g/mol. The summed E-state index contributed by atoms with van der Waals surface area (Å²) in [5, 5.41) is 44.5. The Hall–Kier alpha value is -3.13. The molecule has 8 heteroatoms. The zero-order valence-electron chi connectivity index (χ0n) is 19.9. The number of phenolic OH excluding ortho intramolecular Hbond substituents is 1. The normalized spacial score (nSPS) is 31.0. The van der Waals surface area contributed by atoms with Gasteiger partial charge in [0.15, 0.2) is 11.4 Å². The quantitative estimate of drug-likeness (QED) is 0.415. The number of fused-ring (bicyclic) bond motifs is 3. The van der Waals surface area contributed by atoms with Crippen LogP contribution in [0.1, 0.15) is 68.6 Å².